The first-order valence-electron chi connectivity index (χ1n) is 15.9. The molecule has 1 aliphatic heterocycles. The van der Waals surface area contributed by atoms with Crippen LogP contribution in [0.5, 0.6) is 17.2 Å². The number of benzene rings is 3. The lowest BCUT2D eigenvalue weighted by molar-refractivity contribution is -0.140. The molecule has 0 aromatic heterocycles. The first-order chi connectivity index (χ1) is 21.8. The van der Waals surface area contributed by atoms with Gasteiger partial charge in [0.15, 0.2) is 11.5 Å². The maximum absolute atomic E-state index is 13.6. The first-order valence-corrected chi connectivity index (χ1v) is 15.9. The van der Waals surface area contributed by atoms with Crippen molar-refractivity contribution < 1.29 is 28.9 Å². The van der Waals surface area contributed by atoms with E-state index in [0.717, 1.165) is 43.5 Å². The van der Waals surface area contributed by atoms with Crippen molar-refractivity contribution in [3.63, 3.8) is 0 Å². The van der Waals surface area contributed by atoms with Gasteiger partial charge in [-0.15, -0.1) is 0 Å². The van der Waals surface area contributed by atoms with Crippen molar-refractivity contribution in [3.05, 3.63) is 94.6 Å². The van der Waals surface area contributed by atoms with Gasteiger partial charge >= 0.3 is 0 Å². The largest absolute Gasteiger partial charge is 0.507 e. The topological polar surface area (TPSA) is 88.5 Å². The third kappa shape index (κ3) is 8.25. The summed E-state index contributed by atoms with van der Waals surface area (Å²) in [5, 5.41) is 11.6. The number of aryl methyl sites for hydroxylation is 1. The van der Waals surface area contributed by atoms with Crippen LogP contribution in [0.1, 0.15) is 68.3 Å². The maximum atomic E-state index is 13.6. The fourth-order valence-corrected chi connectivity index (χ4v) is 5.59. The lowest BCUT2D eigenvalue weighted by atomic mass is 9.95. The highest BCUT2D eigenvalue weighted by Crippen LogP contribution is 2.42. The van der Waals surface area contributed by atoms with Gasteiger partial charge in [-0.2, -0.15) is 0 Å². The molecule has 0 spiro atoms. The number of likely N-dealkylation sites (tertiary alicyclic amines) is 1. The van der Waals surface area contributed by atoms with Gasteiger partial charge in [-0.3, -0.25) is 9.59 Å². The minimum Gasteiger partial charge on any atom is -0.507 e. The molecule has 1 unspecified atom stereocenters. The average molecular weight is 615 g/mol. The van der Waals surface area contributed by atoms with Gasteiger partial charge in [0.05, 0.1) is 25.3 Å². The van der Waals surface area contributed by atoms with E-state index in [0.29, 0.717) is 54.7 Å². The summed E-state index contributed by atoms with van der Waals surface area (Å²) in [6.07, 6.45) is 3.10. The van der Waals surface area contributed by atoms with Crippen LogP contribution in [-0.2, 0) is 16.2 Å². The zero-order valence-corrected chi connectivity index (χ0v) is 27.2. The smallest absolute Gasteiger partial charge is 0.295 e. The molecule has 3 aromatic carbocycles. The second kappa shape index (κ2) is 16.1. The molecule has 1 atom stereocenters. The van der Waals surface area contributed by atoms with E-state index < -0.39 is 17.7 Å². The zero-order chi connectivity index (χ0) is 32.3. The molecule has 45 heavy (non-hydrogen) atoms. The van der Waals surface area contributed by atoms with Crippen molar-refractivity contribution in [2.75, 3.05) is 39.9 Å². The number of unbranched alkanes of at least 4 members (excludes halogenated alkanes) is 2. The molecule has 0 radical (unpaired) electrons. The highest BCUT2D eigenvalue weighted by molar-refractivity contribution is 6.46. The van der Waals surface area contributed by atoms with Gasteiger partial charge in [0.1, 0.15) is 18.1 Å². The standard InChI is InChI=1S/C37H46N2O6/c1-6-9-10-22-44-31-19-16-29(24-32(31)43-5)34-33(36(41)37(42)39(34)21-20-38(7-2)8-3)35(40)28-14-17-30(18-15-28)45-25-27-13-11-12-26(4)23-27/h11-19,23-24,34,40H,6-10,20-22,25H2,1-5H3. The van der Waals surface area contributed by atoms with Crippen LogP contribution >= 0.6 is 0 Å². The number of carbonyl (C=O) groups excluding carboxylic acids is 2. The molecule has 3 aromatic rings. The van der Waals surface area contributed by atoms with E-state index in [1.165, 1.54) is 0 Å². The molecule has 0 saturated carbocycles. The average Bonchev–Trinajstić information content (AvgIpc) is 3.31. The number of nitrogens with zero attached hydrogens (tertiary/aromatic N) is 2. The van der Waals surface area contributed by atoms with Crippen LogP contribution in [0.15, 0.2) is 72.3 Å². The van der Waals surface area contributed by atoms with Gasteiger partial charge in [-0.25, -0.2) is 0 Å². The summed E-state index contributed by atoms with van der Waals surface area (Å²) >= 11 is 0. The van der Waals surface area contributed by atoms with E-state index in [9.17, 15) is 14.7 Å². The fraction of sp³-hybridized carbons (Fsp3) is 0.405. The summed E-state index contributed by atoms with van der Waals surface area (Å²) < 4.78 is 17.6. The molecule has 8 heteroatoms. The molecule has 1 saturated heterocycles. The van der Waals surface area contributed by atoms with Gasteiger partial charge in [0.25, 0.3) is 11.7 Å². The van der Waals surface area contributed by atoms with Crippen LogP contribution in [0.2, 0.25) is 0 Å². The van der Waals surface area contributed by atoms with Crippen LogP contribution in [0, 0.1) is 6.92 Å². The third-order valence-electron chi connectivity index (χ3n) is 8.22. The number of likely N-dealkylation sites (N-methyl/N-ethyl adjacent to an activating group) is 1. The molecule has 0 bridgehead atoms. The highest BCUT2D eigenvalue weighted by Gasteiger charge is 2.46. The predicted octanol–water partition coefficient (Wildman–Crippen LogP) is 6.92. The second-order valence-corrected chi connectivity index (χ2v) is 11.3. The van der Waals surface area contributed by atoms with Crippen molar-refractivity contribution in [2.45, 2.75) is 59.6 Å². The number of hydrogen-bond acceptors (Lipinski definition) is 7. The number of aliphatic hydroxyl groups excluding tert-OH is 1. The van der Waals surface area contributed by atoms with E-state index in [2.05, 4.69) is 31.7 Å². The summed E-state index contributed by atoms with van der Waals surface area (Å²) in [6, 6.07) is 19.7. The Morgan fingerprint density at radius 3 is 2.33 bits per heavy atom. The summed E-state index contributed by atoms with van der Waals surface area (Å²) in [5.41, 5.74) is 3.34. The Hall–Kier alpha value is -4.30. The number of methoxy groups -OCH3 is 1. The van der Waals surface area contributed by atoms with Gasteiger partial charge < -0.3 is 29.1 Å². The van der Waals surface area contributed by atoms with Crippen LogP contribution in [0.3, 0.4) is 0 Å². The lowest BCUT2D eigenvalue weighted by Gasteiger charge is -2.28. The van der Waals surface area contributed by atoms with Crippen LogP contribution in [0.4, 0.5) is 0 Å². The van der Waals surface area contributed by atoms with E-state index in [1.54, 1.807) is 42.3 Å². The number of carbonyl (C=O) groups is 2. The predicted molar refractivity (Wildman–Crippen MR) is 177 cm³/mol. The van der Waals surface area contributed by atoms with Gasteiger partial charge in [-0.1, -0.05) is 69.5 Å². The van der Waals surface area contributed by atoms with Gasteiger partial charge in [0.2, 0.25) is 0 Å². The zero-order valence-electron chi connectivity index (χ0n) is 27.2. The summed E-state index contributed by atoms with van der Waals surface area (Å²) in [4.78, 5) is 30.8. The number of ether oxygens (including phenoxy) is 3. The molecule has 4 rings (SSSR count). The number of Topliss-reactive ketones (excluding diaryl/α,β-unsaturated/α-hetero) is 1. The normalized spacial score (nSPS) is 16.0. The molecular weight excluding hydrogens is 568 g/mol. The molecule has 1 fully saturated rings. The van der Waals surface area contributed by atoms with Crippen molar-refractivity contribution in [1.82, 2.24) is 9.80 Å². The fourth-order valence-electron chi connectivity index (χ4n) is 5.59. The Kier molecular flexibility index (Phi) is 12.0. The first kappa shape index (κ1) is 33.6. The summed E-state index contributed by atoms with van der Waals surface area (Å²) in [5.74, 6) is 0.157. The van der Waals surface area contributed by atoms with Crippen molar-refractivity contribution >= 4 is 17.4 Å². The third-order valence-corrected chi connectivity index (χ3v) is 8.22. The molecule has 1 N–H and O–H groups in total. The molecule has 0 aliphatic carbocycles. The maximum Gasteiger partial charge on any atom is 0.295 e. The Labute approximate surface area is 267 Å². The minimum atomic E-state index is -0.791. The molecule has 8 nitrogen and oxygen atoms in total. The van der Waals surface area contributed by atoms with Crippen molar-refractivity contribution in [3.8, 4) is 17.2 Å². The van der Waals surface area contributed by atoms with Crippen LogP contribution < -0.4 is 14.2 Å². The Morgan fingerprint density at radius 2 is 1.67 bits per heavy atom. The van der Waals surface area contributed by atoms with Gasteiger partial charge in [0, 0.05) is 18.7 Å². The second-order valence-electron chi connectivity index (χ2n) is 11.3. The SMILES string of the molecule is CCCCCOc1ccc(C2C(=C(O)c3ccc(OCc4cccc(C)c4)cc3)C(=O)C(=O)N2CCN(CC)CC)cc1OC. The van der Waals surface area contributed by atoms with Crippen molar-refractivity contribution in [2.24, 2.45) is 0 Å². The Bertz CT molecular complexity index is 1480. The van der Waals surface area contributed by atoms with Crippen LogP contribution in [0.25, 0.3) is 5.76 Å². The lowest BCUT2D eigenvalue weighted by Crippen LogP contribution is -2.38. The number of aliphatic hydroxyl groups is 1. The molecular formula is C37H46N2O6. The van der Waals surface area contributed by atoms with Crippen LogP contribution in [-0.4, -0.2) is 66.5 Å². The van der Waals surface area contributed by atoms with E-state index in [1.807, 2.05) is 37.3 Å². The molecule has 240 valence electrons. The molecule has 1 amide bonds. The number of rotatable bonds is 16. The number of ketones is 1. The Balaban J connectivity index is 1.67. The molecule has 1 heterocycles. The minimum absolute atomic E-state index is 0.0478. The van der Waals surface area contributed by atoms with E-state index in [-0.39, 0.29) is 11.3 Å². The van der Waals surface area contributed by atoms with Crippen molar-refractivity contribution in [1.29, 1.82) is 0 Å². The Morgan fingerprint density at radius 1 is 0.911 bits per heavy atom. The number of amides is 1. The van der Waals surface area contributed by atoms with Gasteiger partial charge in [-0.05, 0) is 74.0 Å². The monoisotopic (exact) mass is 614 g/mol. The summed E-state index contributed by atoms with van der Waals surface area (Å²) in [6.45, 7) is 11.8. The highest BCUT2D eigenvalue weighted by atomic mass is 16.5. The quantitative estimate of drug-likeness (QED) is 0.0811. The van der Waals surface area contributed by atoms with E-state index in [4.69, 9.17) is 14.2 Å². The number of hydrogen-bond donors (Lipinski definition) is 1. The summed E-state index contributed by atoms with van der Waals surface area (Å²) in [7, 11) is 1.57. The molecule has 1 aliphatic rings. The van der Waals surface area contributed by atoms with E-state index >= 15 is 0 Å².